The van der Waals surface area contributed by atoms with Gasteiger partial charge in [-0.1, -0.05) is 24.3 Å². The smallest absolute Gasteiger partial charge is 0.104 e. The molecular formula is C21H20N4. The molecule has 0 bridgehead atoms. The summed E-state index contributed by atoms with van der Waals surface area (Å²) in [6.45, 7) is 1.90. The summed E-state index contributed by atoms with van der Waals surface area (Å²) in [6, 6.07) is 12.8. The monoisotopic (exact) mass is 328 g/mol. The van der Waals surface area contributed by atoms with Crippen LogP contribution >= 0.6 is 0 Å². The predicted octanol–water partition coefficient (Wildman–Crippen LogP) is 3.77. The van der Waals surface area contributed by atoms with Gasteiger partial charge >= 0.3 is 0 Å². The van der Waals surface area contributed by atoms with Crippen LogP contribution in [0.1, 0.15) is 41.5 Å². The highest BCUT2D eigenvalue weighted by Gasteiger charge is 2.30. The lowest BCUT2D eigenvalue weighted by Gasteiger charge is -2.35. The van der Waals surface area contributed by atoms with Crippen LogP contribution in [0.25, 0.3) is 11.1 Å². The molecule has 2 aliphatic rings. The van der Waals surface area contributed by atoms with Gasteiger partial charge in [0.15, 0.2) is 0 Å². The fraction of sp³-hybridized carbons (Fsp3) is 0.333. The van der Waals surface area contributed by atoms with Crippen molar-refractivity contribution >= 4 is 11.4 Å². The van der Waals surface area contributed by atoms with E-state index in [1.807, 2.05) is 12.1 Å². The molecule has 1 aliphatic carbocycles. The lowest BCUT2D eigenvalue weighted by Crippen LogP contribution is -2.32. The van der Waals surface area contributed by atoms with Crippen LogP contribution in [0, 0.1) is 22.7 Å². The molecule has 4 rings (SSSR count). The SMILES string of the molecule is N#Cc1c(N)c(C#N)c(N2CCCCC2)c2c1-c1ccccc1CC2. The minimum absolute atomic E-state index is 0.334. The molecule has 0 amide bonds. The van der Waals surface area contributed by atoms with Gasteiger partial charge in [0.25, 0.3) is 0 Å². The number of anilines is 2. The van der Waals surface area contributed by atoms with Crippen molar-refractivity contribution in [2.24, 2.45) is 0 Å². The van der Waals surface area contributed by atoms with Crippen molar-refractivity contribution in [3.05, 3.63) is 46.5 Å². The van der Waals surface area contributed by atoms with Gasteiger partial charge in [0.2, 0.25) is 0 Å². The highest BCUT2D eigenvalue weighted by molar-refractivity contribution is 5.92. The third kappa shape index (κ3) is 2.34. The van der Waals surface area contributed by atoms with Crippen molar-refractivity contribution < 1.29 is 0 Å². The van der Waals surface area contributed by atoms with Crippen molar-refractivity contribution in [3.8, 4) is 23.3 Å². The van der Waals surface area contributed by atoms with Crippen LogP contribution in [0.2, 0.25) is 0 Å². The van der Waals surface area contributed by atoms with Crippen molar-refractivity contribution in [2.75, 3.05) is 23.7 Å². The fourth-order valence-corrected chi connectivity index (χ4v) is 4.29. The Morgan fingerprint density at radius 3 is 2.36 bits per heavy atom. The highest BCUT2D eigenvalue weighted by Crippen LogP contribution is 2.46. The molecular weight excluding hydrogens is 308 g/mol. The van der Waals surface area contributed by atoms with E-state index in [4.69, 9.17) is 5.73 Å². The fourth-order valence-electron chi connectivity index (χ4n) is 4.29. The summed E-state index contributed by atoms with van der Waals surface area (Å²) >= 11 is 0. The van der Waals surface area contributed by atoms with Gasteiger partial charge < -0.3 is 10.6 Å². The number of hydrogen-bond acceptors (Lipinski definition) is 4. The van der Waals surface area contributed by atoms with Gasteiger partial charge in [-0.05, 0) is 48.8 Å². The van der Waals surface area contributed by atoms with E-state index in [1.54, 1.807) is 0 Å². The number of rotatable bonds is 1. The van der Waals surface area contributed by atoms with E-state index in [-0.39, 0.29) is 0 Å². The topological polar surface area (TPSA) is 76.8 Å². The lowest BCUT2D eigenvalue weighted by molar-refractivity contribution is 0.576. The van der Waals surface area contributed by atoms with Crippen LogP contribution in [0.3, 0.4) is 0 Å². The second kappa shape index (κ2) is 6.15. The average Bonchev–Trinajstić information content (AvgIpc) is 2.67. The molecule has 0 spiro atoms. The molecule has 0 aromatic heterocycles. The predicted molar refractivity (Wildman–Crippen MR) is 99.2 cm³/mol. The largest absolute Gasteiger partial charge is 0.396 e. The standard InChI is InChI=1S/C21H20N4/c22-12-17-19-15-7-3-2-6-14(15)8-9-16(19)21(18(13-23)20(17)24)25-10-4-1-5-11-25/h2-3,6-7H,1,4-5,8-11,24H2. The van der Waals surface area contributed by atoms with E-state index in [2.05, 4.69) is 29.2 Å². The zero-order chi connectivity index (χ0) is 17.4. The maximum Gasteiger partial charge on any atom is 0.104 e. The minimum Gasteiger partial charge on any atom is -0.396 e. The third-order valence-corrected chi connectivity index (χ3v) is 5.44. The van der Waals surface area contributed by atoms with Gasteiger partial charge in [-0.2, -0.15) is 10.5 Å². The number of nitrogens with two attached hydrogens (primary N) is 1. The van der Waals surface area contributed by atoms with E-state index in [0.717, 1.165) is 61.2 Å². The van der Waals surface area contributed by atoms with Crippen LogP contribution in [0.5, 0.6) is 0 Å². The molecule has 2 N–H and O–H groups in total. The number of benzene rings is 2. The van der Waals surface area contributed by atoms with Crippen LogP contribution in [0.4, 0.5) is 11.4 Å². The van der Waals surface area contributed by atoms with Crippen molar-refractivity contribution in [3.63, 3.8) is 0 Å². The van der Waals surface area contributed by atoms with E-state index in [0.29, 0.717) is 16.8 Å². The average molecular weight is 328 g/mol. The van der Waals surface area contributed by atoms with Crippen molar-refractivity contribution in [1.82, 2.24) is 0 Å². The van der Waals surface area contributed by atoms with E-state index < -0.39 is 0 Å². The Hall–Kier alpha value is -2.98. The number of nitriles is 2. The Morgan fingerprint density at radius 1 is 0.920 bits per heavy atom. The molecule has 0 radical (unpaired) electrons. The summed E-state index contributed by atoms with van der Waals surface area (Å²) in [4.78, 5) is 2.31. The maximum atomic E-state index is 9.78. The summed E-state index contributed by atoms with van der Waals surface area (Å²) in [5.74, 6) is 0. The van der Waals surface area contributed by atoms with Gasteiger partial charge in [-0.25, -0.2) is 0 Å². The first-order valence-electron chi connectivity index (χ1n) is 8.88. The number of hydrogen-bond donors (Lipinski definition) is 1. The number of fused-ring (bicyclic) bond motifs is 3. The lowest BCUT2D eigenvalue weighted by atomic mass is 9.80. The number of nitrogens with zero attached hydrogens (tertiary/aromatic N) is 3. The molecule has 2 aromatic rings. The van der Waals surface area contributed by atoms with Gasteiger partial charge in [-0.3, -0.25) is 0 Å². The molecule has 1 fully saturated rings. The van der Waals surface area contributed by atoms with Crippen LogP contribution in [0.15, 0.2) is 24.3 Å². The van der Waals surface area contributed by atoms with E-state index >= 15 is 0 Å². The Kier molecular flexibility index (Phi) is 3.82. The normalized spacial score (nSPS) is 15.7. The maximum absolute atomic E-state index is 9.78. The first-order valence-corrected chi connectivity index (χ1v) is 8.88. The molecule has 0 saturated carbocycles. The van der Waals surface area contributed by atoms with E-state index in [9.17, 15) is 10.5 Å². The van der Waals surface area contributed by atoms with Gasteiger partial charge in [0.05, 0.1) is 22.5 Å². The van der Waals surface area contributed by atoms with Crippen LogP contribution in [-0.2, 0) is 12.8 Å². The highest BCUT2D eigenvalue weighted by atomic mass is 15.1. The summed E-state index contributed by atoms with van der Waals surface area (Å²) in [7, 11) is 0. The van der Waals surface area contributed by atoms with Crippen molar-refractivity contribution in [2.45, 2.75) is 32.1 Å². The molecule has 1 aliphatic heterocycles. The molecule has 124 valence electrons. The summed E-state index contributed by atoms with van der Waals surface area (Å²) in [6.07, 6.45) is 5.28. The summed E-state index contributed by atoms with van der Waals surface area (Å²) in [5.41, 5.74) is 13.0. The minimum atomic E-state index is 0.334. The van der Waals surface area contributed by atoms with Crippen molar-refractivity contribution in [1.29, 1.82) is 10.5 Å². The third-order valence-electron chi connectivity index (χ3n) is 5.44. The molecule has 1 heterocycles. The first-order chi connectivity index (χ1) is 12.3. The number of piperidine rings is 1. The van der Waals surface area contributed by atoms with Gasteiger partial charge in [0.1, 0.15) is 12.1 Å². The van der Waals surface area contributed by atoms with Crippen LogP contribution < -0.4 is 10.6 Å². The zero-order valence-electron chi connectivity index (χ0n) is 14.2. The summed E-state index contributed by atoms with van der Waals surface area (Å²) in [5, 5.41) is 19.5. The Morgan fingerprint density at radius 2 is 1.64 bits per heavy atom. The zero-order valence-corrected chi connectivity index (χ0v) is 14.2. The molecule has 4 heteroatoms. The van der Waals surface area contributed by atoms with Crippen LogP contribution in [-0.4, -0.2) is 13.1 Å². The Bertz CT molecular complexity index is 924. The molecule has 0 atom stereocenters. The second-order valence-electron chi connectivity index (χ2n) is 6.79. The molecule has 1 saturated heterocycles. The van der Waals surface area contributed by atoms with Gasteiger partial charge in [0, 0.05) is 18.7 Å². The second-order valence-corrected chi connectivity index (χ2v) is 6.79. The quantitative estimate of drug-likeness (QED) is 0.808. The van der Waals surface area contributed by atoms with Gasteiger partial charge in [-0.15, -0.1) is 0 Å². The number of nitrogen functional groups attached to an aromatic ring is 1. The molecule has 2 aromatic carbocycles. The van der Waals surface area contributed by atoms with E-state index in [1.165, 1.54) is 12.0 Å². The molecule has 25 heavy (non-hydrogen) atoms. The molecule has 4 nitrogen and oxygen atoms in total. The first kappa shape index (κ1) is 15.5. The Balaban J connectivity index is 2.06. The summed E-state index contributed by atoms with van der Waals surface area (Å²) < 4.78 is 0. The number of aryl methyl sites for hydroxylation is 1. The Labute approximate surface area is 148 Å². The molecule has 0 unspecified atom stereocenters.